The number of nitrogens with zero attached hydrogens (tertiary/aromatic N) is 3. The van der Waals surface area contributed by atoms with Crippen LogP contribution in [0.15, 0.2) is 73.1 Å². The van der Waals surface area contributed by atoms with Crippen molar-refractivity contribution in [3.05, 3.63) is 78.6 Å². The zero-order valence-electron chi connectivity index (χ0n) is 16.6. The summed E-state index contributed by atoms with van der Waals surface area (Å²) in [5, 5.41) is 7.89. The molecule has 0 saturated carbocycles. The molecule has 1 aliphatic heterocycles. The van der Waals surface area contributed by atoms with Gasteiger partial charge in [0.2, 0.25) is 5.91 Å². The maximum Gasteiger partial charge on any atom is 0.223 e. The van der Waals surface area contributed by atoms with Crippen molar-refractivity contribution < 1.29 is 4.79 Å². The van der Waals surface area contributed by atoms with Gasteiger partial charge in [-0.2, -0.15) is 0 Å². The Morgan fingerprint density at radius 2 is 1.83 bits per heavy atom. The molecule has 30 heavy (non-hydrogen) atoms. The van der Waals surface area contributed by atoms with Crippen molar-refractivity contribution in [2.75, 3.05) is 22.1 Å². The number of hydrogen-bond acceptors (Lipinski definition) is 5. The number of nitrogens with one attached hydrogen (secondary N) is 2. The number of anilines is 5. The normalized spacial score (nSPS) is 12.6. The number of benzene rings is 2. The first-order chi connectivity index (χ1) is 14.7. The van der Waals surface area contributed by atoms with E-state index in [4.69, 9.17) is 0 Å². The molecule has 0 radical (unpaired) electrons. The lowest BCUT2D eigenvalue weighted by atomic mass is 10.1. The average Bonchev–Trinajstić information content (AvgIpc) is 3.20. The van der Waals surface area contributed by atoms with Crippen molar-refractivity contribution in [2.45, 2.75) is 13.3 Å². The largest absolute Gasteiger partial charge is 0.354 e. The number of rotatable bonds is 4. The summed E-state index contributed by atoms with van der Waals surface area (Å²) >= 11 is 0. The lowest BCUT2D eigenvalue weighted by Gasteiger charge is -2.19. The van der Waals surface area contributed by atoms with E-state index in [0.29, 0.717) is 0 Å². The maximum atomic E-state index is 12.0. The molecule has 6 nitrogen and oxygen atoms in total. The summed E-state index contributed by atoms with van der Waals surface area (Å²) in [5.74, 6) is 0.796. The Morgan fingerprint density at radius 3 is 2.73 bits per heavy atom. The third-order valence-electron chi connectivity index (χ3n) is 5.29. The number of fused-ring (bicyclic) bond motifs is 2. The highest BCUT2D eigenvalue weighted by Crippen LogP contribution is 2.37. The van der Waals surface area contributed by atoms with Crippen LogP contribution in [0, 0.1) is 0 Å². The van der Waals surface area contributed by atoms with Gasteiger partial charge in [0.25, 0.3) is 0 Å². The van der Waals surface area contributed by atoms with Crippen molar-refractivity contribution in [1.29, 1.82) is 0 Å². The van der Waals surface area contributed by atoms with Crippen molar-refractivity contribution in [3.8, 4) is 0 Å². The molecule has 3 heterocycles. The van der Waals surface area contributed by atoms with Crippen LogP contribution in [-0.2, 0) is 11.2 Å². The second kappa shape index (κ2) is 7.48. The summed E-state index contributed by atoms with van der Waals surface area (Å²) in [6.07, 6.45) is 4.43. The van der Waals surface area contributed by atoms with Crippen LogP contribution in [0.5, 0.6) is 0 Å². The second-order valence-electron chi connectivity index (χ2n) is 7.32. The molecule has 1 amide bonds. The summed E-state index contributed by atoms with van der Waals surface area (Å²) < 4.78 is 0. The SMILES string of the molecule is CC(=O)N1CCc2cccc(Nc3ccnc(Nc4ccc5ncccc5c4)c3)c21. The first kappa shape index (κ1) is 18.1. The van der Waals surface area contributed by atoms with Gasteiger partial charge in [-0.25, -0.2) is 4.98 Å². The molecular formula is C24H21N5O. The molecule has 2 aromatic heterocycles. The van der Waals surface area contributed by atoms with Gasteiger partial charge in [0.05, 0.1) is 16.9 Å². The summed E-state index contributed by atoms with van der Waals surface area (Å²) in [7, 11) is 0. The Labute approximate surface area is 174 Å². The Kier molecular flexibility index (Phi) is 4.52. The number of para-hydroxylation sites is 1. The number of amides is 1. The number of aromatic nitrogens is 2. The van der Waals surface area contributed by atoms with Crippen LogP contribution in [0.1, 0.15) is 12.5 Å². The summed E-state index contributed by atoms with van der Waals surface area (Å²) in [5.41, 5.74) is 5.89. The lowest BCUT2D eigenvalue weighted by molar-refractivity contribution is -0.116. The smallest absolute Gasteiger partial charge is 0.223 e. The average molecular weight is 395 g/mol. The molecule has 0 aliphatic carbocycles. The van der Waals surface area contributed by atoms with Gasteiger partial charge in [-0.1, -0.05) is 18.2 Å². The molecule has 0 saturated heterocycles. The van der Waals surface area contributed by atoms with Crippen LogP contribution in [0.2, 0.25) is 0 Å². The van der Waals surface area contributed by atoms with Gasteiger partial charge in [-0.15, -0.1) is 0 Å². The molecule has 0 bridgehead atoms. The Morgan fingerprint density at radius 1 is 0.933 bits per heavy atom. The highest BCUT2D eigenvalue weighted by molar-refractivity contribution is 5.98. The van der Waals surface area contributed by atoms with Crippen LogP contribution in [0.4, 0.5) is 28.6 Å². The second-order valence-corrected chi connectivity index (χ2v) is 7.32. The van der Waals surface area contributed by atoms with Crippen molar-refractivity contribution >= 4 is 45.4 Å². The van der Waals surface area contributed by atoms with Crippen LogP contribution in [-0.4, -0.2) is 22.4 Å². The molecule has 2 N–H and O–H groups in total. The van der Waals surface area contributed by atoms with Gasteiger partial charge >= 0.3 is 0 Å². The Bertz CT molecular complexity index is 1250. The van der Waals surface area contributed by atoms with Crippen molar-refractivity contribution in [1.82, 2.24) is 9.97 Å². The van der Waals surface area contributed by atoms with Crippen LogP contribution >= 0.6 is 0 Å². The molecule has 0 spiro atoms. The minimum absolute atomic E-state index is 0.0610. The fourth-order valence-corrected chi connectivity index (χ4v) is 3.91. The molecule has 4 aromatic rings. The molecule has 0 atom stereocenters. The van der Waals surface area contributed by atoms with E-state index >= 15 is 0 Å². The third kappa shape index (κ3) is 3.43. The molecule has 1 aliphatic rings. The van der Waals surface area contributed by atoms with Crippen LogP contribution in [0.25, 0.3) is 10.9 Å². The van der Waals surface area contributed by atoms with Crippen molar-refractivity contribution in [2.24, 2.45) is 0 Å². The molecule has 0 fully saturated rings. The topological polar surface area (TPSA) is 70.2 Å². The molecule has 5 rings (SSSR count). The highest BCUT2D eigenvalue weighted by atomic mass is 16.2. The monoisotopic (exact) mass is 395 g/mol. The highest BCUT2D eigenvalue weighted by Gasteiger charge is 2.25. The van der Waals surface area contributed by atoms with E-state index < -0.39 is 0 Å². The minimum atomic E-state index is 0.0610. The Hall–Kier alpha value is -3.93. The maximum absolute atomic E-state index is 12.0. The summed E-state index contributed by atoms with van der Waals surface area (Å²) in [6, 6.07) is 20.0. The summed E-state index contributed by atoms with van der Waals surface area (Å²) in [6.45, 7) is 2.34. The zero-order valence-corrected chi connectivity index (χ0v) is 16.6. The molecule has 2 aromatic carbocycles. The van der Waals surface area contributed by atoms with E-state index in [1.807, 2.05) is 53.4 Å². The first-order valence-electron chi connectivity index (χ1n) is 9.92. The first-order valence-corrected chi connectivity index (χ1v) is 9.92. The molecule has 148 valence electrons. The Balaban J connectivity index is 1.41. The van der Waals surface area contributed by atoms with E-state index in [0.717, 1.165) is 52.4 Å². The minimum Gasteiger partial charge on any atom is -0.354 e. The standard InChI is InChI=1S/C24H21N5O/c1-16(30)29-13-10-17-4-2-6-22(24(17)29)27-20-9-12-26-23(15-20)28-19-7-8-21-18(14-19)5-3-11-25-21/h2-9,11-12,14-15H,10,13H2,1H3,(H2,26,27,28). The molecule has 0 unspecified atom stereocenters. The fraction of sp³-hybridized carbons (Fsp3) is 0.125. The quantitative estimate of drug-likeness (QED) is 0.507. The van der Waals surface area contributed by atoms with Gasteiger partial charge in [-0.05, 0) is 48.4 Å². The predicted octanol–water partition coefficient (Wildman–Crippen LogP) is 5.03. The predicted molar refractivity (Wildman–Crippen MR) is 121 cm³/mol. The van der Waals surface area contributed by atoms with E-state index in [-0.39, 0.29) is 5.91 Å². The molecular weight excluding hydrogens is 374 g/mol. The number of hydrogen-bond donors (Lipinski definition) is 2. The van der Waals surface area contributed by atoms with Gasteiger partial charge in [0, 0.05) is 48.7 Å². The summed E-state index contributed by atoms with van der Waals surface area (Å²) in [4.78, 5) is 22.7. The van der Waals surface area contributed by atoms with Gasteiger partial charge < -0.3 is 15.5 Å². The van der Waals surface area contributed by atoms with Gasteiger partial charge in [0.15, 0.2) is 0 Å². The van der Waals surface area contributed by atoms with Gasteiger partial charge in [-0.3, -0.25) is 9.78 Å². The van der Waals surface area contributed by atoms with E-state index in [9.17, 15) is 4.79 Å². The number of pyridine rings is 2. The third-order valence-corrected chi connectivity index (χ3v) is 5.29. The van der Waals surface area contributed by atoms with E-state index in [1.54, 1.807) is 19.3 Å². The van der Waals surface area contributed by atoms with Crippen LogP contribution in [0.3, 0.4) is 0 Å². The lowest BCUT2D eigenvalue weighted by Crippen LogP contribution is -2.26. The van der Waals surface area contributed by atoms with Crippen LogP contribution < -0.4 is 15.5 Å². The fourth-order valence-electron chi connectivity index (χ4n) is 3.91. The van der Waals surface area contributed by atoms with Crippen molar-refractivity contribution in [3.63, 3.8) is 0 Å². The van der Waals surface area contributed by atoms with E-state index in [1.165, 1.54) is 5.56 Å². The van der Waals surface area contributed by atoms with E-state index in [2.05, 4.69) is 32.7 Å². The van der Waals surface area contributed by atoms with Gasteiger partial charge in [0.1, 0.15) is 5.82 Å². The molecule has 6 heteroatoms. The zero-order chi connectivity index (χ0) is 20.5. The number of carbonyl (C=O) groups excluding carboxylic acids is 1. The number of carbonyl (C=O) groups is 1.